The highest BCUT2D eigenvalue weighted by Crippen LogP contribution is 2.32. The van der Waals surface area contributed by atoms with Crippen molar-refractivity contribution in [1.82, 2.24) is 20.0 Å². The molecule has 2 unspecified atom stereocenters. The fraction of sp³-hybridized carbons (Fsp3) is 0.381. The van der Waals surface area contributed by atoms with Gasteiger partial charge in [-0.3, -0.25) is 4.90 Å². The van der Waals surface area contributed by atoms with E-state index in [-0.39, 0.29) is 18.0 Å². The zero-order chi connectivity index (χ0) is 21.1. The Morgan fingerprint density at radius 3 is 2.93 bits per heavy atom. The molecule has 1 N–H and O–H groups in total. The normalized spacial score (nSPS) is 18.3. The second-order valence-electron chi connectivity index (χ2n) is 7.25. The van der Waals surface area contributed by atoms with Crippen LogP contribution < -0.4 is 5.32 Å². The number of anilines is 1. The lowest BCUT2D eigenvalue weighted by molar-refractivity contribution is -0.0331. The van der Waals surface area contributed by atoms with Crippen molar-refractivity contribution in [1.29, 1.82) is 0 Å². The molecule has 0 saturated carbocycles. The molecule has 30 heavy (non-hydrogen) atoms. The molecule has 1 saturated heterocycles. The van der Waals surface area contributed by atoms with Crippen LogP contribution in [0.4, 0.5) is 10.2 Å². The summed E-state index contributed by atoms with van der Waals surface area (Å²) in [6.07, 6.45) is 1.73. The van der Waals surface area contributed by atoms with Gasteiger partial charge in [-0.25, -0.2) is 9.37 Å². The van der Waals surface area contributed by atoms with Crippen molar-refractivity contribution in [3.05, 3.63) is 58.8 Å². The number of aromatic nitrogens is 3. The molecule has 0 radical (unpaired) electrons. The van der Waals surface area contributed by atoms with E-state index in [2.05, 4.69) is 25.3 Å². The molecule has 9 heteroatoms. The van der Waals surface area contributed by atoms with Crippen molar-refractivity contribution in [2.45, 2.75) is 26.0 Å². The number of nitrogens with zero attached hydrogens (tertiary/aromatic N) is 4. The van der Waals surface area contributed by atoms with E-state index in [0.29, 0.717) is 59.9 Å². The first-order chi connectivity index (χ1) is 14.5. The maximum Gasteiger partial charge on any atom is 0.261 e. The average molecular weight is 432 g/mol. The van der Waals surface area contributed by atoms with E-state index in [0.717, 1.165) is 0 Å². The Bertz CT molecular complexity index is 994. The van der Waals surface area contributed by atoms with Crippen molar-refractivity contribution in [2.75, 3.05) is 31.6 Å². The van der Waals surface area contributed by atoms with Gasteiger partial charge in [-0.2, -0.15) is 4.98 Å². The Kier molecular flexibility index (Phi) is 6.26. The standard InChI is InChI=1S/C21H23ClFN5O2/c1-13-12-28(9-10-29-13)18(19-16(22)6-3-7-17(19)23)11-25-20-15(5-4-8-24-20)21-26-14(2)27-30-21/h3-8,13,18H,9-12H2,1-2H3,(H,24,25). The largest absolute Gasteiger partial charge is 0.376 e. The Morgan fingerprint density at radius 1 is 1.33 bits per heavy atom. The molecule has 7 nitrogen and oxygen atoms in total. The number of morpholine rings is 1. The van der Waals surface area contributed by atoms with Crippen molar-refractivity contribution in [3.8, 4) is 11.5 Å². The van der Waals surface area contributed by atoms with Gasteiger partial charge >= 0.3 is 0 Å². The quantitative estimate of drug-likeness (QED) is 0.629. The number of hydrogen-bond acceptors (Lipinski definition) is 7. The van der Waals surface area contributed by atoms with Crippen LogP contribution in [0.3, 0.4) is 0 Å². The summed E-state index contributed by atoms with van der Waals surface area (Å²) < 4.78 is 25.8. The Morgan fingerprint density at radius 2 is 2.20 bits per heavy atom. The monoisotopic (exact) mass is 431 g/mol. The van der Waals surface area contributed by atoms with E-state index >= 15 is 0 Å². The third-order valence-corrected chi connectivity index (χ3v) is 5.40. The maximum absolute atomic E-state index is 14.8. The van der Waals surface area contributed by atoms with Gasteiger partial charge in [0.25, 0.3) is 5.89 Å². The number of aryl methyl sites for hydroxylation is 1. The second kappa shape index (κ2) is 9.07. The molecule has 2 atom stereocenters. The third-order valence-electron chi connectivity index (χ3n) is 5.07. The average Bonchev–Trinajstić information content (AvgIpc) is 3.16. The molecule has 158 valence electrons. The zero-order valence-corrected chi connectivity index (χ0v) is 17.6. The van der Waals surface area contributed by atoms with Crippen molar-refractivity contribution in [3.63, 3.8) is 0 Å². The Labute approximate surface area is 179 Å². The molecule has 1 aliphatic heterocycles. The number of benzene rings is 1. The molecule has 3 heterocycles. The smallest absolute Gasteiger partial charge is 0.261 e. The molecular weight excluding hydrogens is 409 g/mol. The van der Waals surface area contributed by atoms with Crippen LogP contribution in [0, 0.1) is 12.7 Å². The molecule has 1 fully saturated rings. The summed E-state index contributed by atoms with van der Waals surface area (Å²) in [5.74, 6) is 1.17. The van der Waals surface area contributed by atoms with Gasteiger partial charge in [-0.05, 0) is 38.1 Å². The lowest BCUT2D eigenvalue weighted by atomic mass is 10.0. The first kappa shape index (κ1) is 20.7. The number of hydrogen-bond donors (Lipinski definition) is 1. The fourth-order valence-corrected chi connectivity index (χ4v) is 3.98. The van der Waals surface area contributed by atoms with Gasteiger partial charge in [0, 0.05) is 36.4 Å². The van der Waals surface area contributed by atoms with Crippen LogP contribution >= 0.6 is 11.6 Å². The molecule has 4 rings (SSSR count). The molecule has 0 spiro atoms. The van der Waals surface area contributed by atoms with Crippen molar-refractivity contribution < 1.29 is 13.7 Å². The van der Waals surface area contributed by atoms with Gasteiger partial charge in [0.2, 0.25) is 0 Å². The highest BCUT2D eigenvalue weighted by atomic mass is 35.5. The van der Waals surface area contributed by atoms with Crippen LogP contribution in [0.25, 0.3) is 11.5 Å². The topological polar surface area (TPSA) is 76.3 Å². The molecule has 0 aliphatic carbocycles. The number of nitrogens with one attached hydrogen (secondary N) is 1. The number of rotatable bonds is 6. The summed E-state index contributed by atoms with van der Waals surface area (Å²) in [4.78, 5) is 10.9. The van der Waals surface area contributed by atoms with Gasteiger partial charge in [-0.1, -0.05) is 22.8 Å². The van der Waals surface area contributed by atoms with Crippen LogP contribution in [-0.2, 0) is 4.74 Å². The SMILES string of the molecule is Cc1noc(-c2cccnc2NCC(c2c(F)cccc2Cl)N2CCOC(C)C2)n1. The maximum atomic E-state index is 14.8. The summed E-state index contributed by atoms with van der Waals surface area (Å²) in [5.41, 5.74) is 1.15. The highest BCUT2D eigenvalue weighted by molar-refractivity contribution is 6.31. The summed E-state index contributed by atoms with van der Waals surface area (Å²) in [6.45, 7) is 6.10. The Balaban J connectivity index is 1.64. The minimum absolute atomic E-state index is 0.0542. The van der Waals surface area contributed by atoms with E-state index in [1.165, 1.54) is 6.07 Å². The zero-order valence-electron chi connectivity index (χ0n) is 16.8. The summed E-state index contributed by atoms with van der Waals surface area (Å²) >= 11 is 6.42. The van der Waals surface area contributed by atoms with Gasteiger partial charge < -0.3 is 14.6 Å². The predicted octanol–water partition coefficient (Wildman–Crippen LogP) is 4.11. The van der Waals surface area contributed by atoms with Crippen LogP contribution in [0.1, 0.15) is 24.4 Å². The second-order valence-corrected chi connectivity index (χ2v) is 7.66. The molecule has 1 aromatic carbocycles. The predicted molar refractivity (Wildman–Crippen MR) is 112 cm³/mol. The fourth-order valence-electron chi connectivity index (χ4n) is 3.69. The van der Waals surface area contributed by atoms with Crippen molar-refractivity contribution >= 4 is 17.4 Å². The van der Waals surface area contributed by atoms with Crippen LogP contribution in [0.15, 0.2) is 41.1 Å². The van der Waals surface area contributed by atoms with Crippen LogP contribution in [0.2, 0.25) is 5.02 Å². The van der Waals surface area contributed by atoms with E-state index in [4.69, 9.17) is 20.9 Å². The molecule has 0 bridgehead atoms. The number of halogens is 2. The number of pyridine rings is 1. The van der Waals surface area contributed by atoms with Crippen LogP contribution in [0.5, 0.6) is 0 Å². The lowest BCUT2D eigenvalue weighted by Crippen LogP contribution is -2.45. The lowest BCUT2D eigenvalue weighted by Gasteiger charge is -2.38. The highest BCUT2D eigenvalue weighted by Gasteiger charge is 2.29. The summed E-state index contributed by atoms with van der Waals surface area (Å²) in [7, 11) is 0. The van der Waals surface area contributed by atoms with Gasteiger partial charge in [0.15, 0.2) is 5.82 Å². The molecular formula is C21H23ClFN5O2. The van der Waals surface area contributed by atoms with E-state index < -0.39 is 0 Å². The molecule has 0 amide bonds. The number of ether oxygens (including phenoxy) is 1. The van der Waals surface area contributed by atoms with E-state index in [1.807, 2.05) is 13.0 Å². The van der Waals surface area contributed by atoms with Gasteiger partial charge in [-0.15, -0.1) is 0 Å². The molecule has 2 aromatic heterocycles. The first-order valence-electron chi connectivity index (χ1n) is 9.82. The van der Waals surface area contributed by atoms with E-state index in [9.17, 15) is 4.39 Å². The van der Waals surface area contributed by atoms with E-state index in [1.54, 1.807) is 31.3 Å². The van der Waals surface area contributed by atoms with Crippen LogP contribution in [-0.4, -0.2) is 52.4 Å². The summed E-state index contributed by atoms with van der Waals surface area (Å²) in [6, 6.07) is 8.11. The summed E-state index contributed by atoms with van der Waals surface area (Å²) in [5, 5.41) is 7.59. The minimum atomic E-state index is -0.331. The molecule has 3 aromatic rings. The third kappa shape index (κ3) is 4.45. The van der Waals surface area contributed by atoms with Gasteiger partial charge in [0.1, 0.15) is 11.6 Å². The minimum Gasteiger partial charge on any atom is -0.376 e. The van der Waals surface area contributed by atoms with Crippen molar-refractivity contribution in [2.24, 2.45) is 0 Å². The first-order valence-corrected chi connectivity index (χ1v) is 10.2. The molecule has 1 aliphatic rings. The Hall–Kier alpha value is -2.55. The van der Waals surface area contributed by atoms with Gasteiger partial charge in [0.05, 0.1) is 24.3 Å².